The first kappa shape index (κ1) is 14.2. The average Bonchev–Trinajstić information content (AvgIpc) is 2.11. The number of carbonyl (C=O) groups is 1. The fourth-order valence-electron chi connectivity index (χ4n) is 2.62. The van der Waals surface area contributed by atoms with Crippen LogP contribution in [0.2, 0.25) is 0 Å². The zero-order valence-corrected chi connectivity index (χ0v) is 11.9. The van der Waals surface area contributed by atoms with Crippen LogP contribution >= 0.6 is 0 Å². The van der Waals surface area contributed by atoms with E-state index in [9.17, 15) is 4.79 Å². The minimum Gasteiger partial charge on any atom is -0.370 e. The predicted molar refractivity (Wildman–Crippen MR) is 69.8 cm³/mol. The standard InChI is InChI=1S/C14H25NO2/c1-7-10(2)12(16)15-11-8-13(3,4)17-14(5,6)9-11/h7,11H,8-9H2,1-6H3,(H,15,16). The van der Waals surface area contributed by atoms with Gasteiger partial charge >= 0.3 is 0 Å². The van der Waals surface area contributed by atoms with Crippen LogP contribution in [0.15, 0.2) is 11.6 Å². The smallest absolute Gasteiger partial charge is 0.246 e. The summed E-state index contributed by atoms with van der Waals surface area (Å²) in [5, 5.41) is 3.09. The molecule has 1 fully saturated rings. The summed E-state index contributed by atoms with van der Waals surface area (Å²) in [5.41, 5.74) is 0.416. The van der Waals surface area contributed by atoms with Crippen LogP contribution in [0.1, 0.15) is 54.4 Å². The lowest BCUT2D eigenvalue weighted by atomic mass is 9.85. The predicted octanol–water partition coefficient (Wildman–Crippen LogP) is 2.81. The molecule has 0 aliphatic carbocycles. The van der Waals surface area contributed by atoms with Gasteiger partial charge in [0.05, 0.1) is 11.2 Å². The van der Waals surface area contributed by atoms with Gasteiger partial charge in [0.15, 0.2) is 0 Å². The van der Waals surface area contributed by atoms with Gasteiger partial charge in [-0.05, 0) is 54.4 Å². The number of amides is 1. The van der Waals surface area contributed by atoms with Crippen molar-refractivity contribution in [3.63, 3.8) is 0 Å². The SMILES string of the molecule is CC=C(C)C(=O)NC1CC(C)(C)OC(C)(C)C1. The second-order valence-corrected chi connectivity index (χ2v) is 6.17. The van der Waals surface area contributed by atoms with E-state index in [0.29, 0.717) is 0 Å². The van der Waals surface area contributed by atoms with E-state index in [0.717, 1.165) is 18.4 Å². The summed E-state index contributed by atoms with van der Waals surface area (Å²) in [5.74, 6) is 0.0333. The van der Waals surface area contributed by atoms with Gasteiger partial charge in [0.1, 0.15) is 0 Å². The van der Waals surface area contributed by atoms with Crippen LogP contribution in [0.3, 0.4) is 0 Å². The van der Waals surface area contributed by atoms with Gasteiger partial charge in [0, 0.05) is 11.6 Å². The summed E-state index contributed by atoms with van der Waals surface area (Å²) >= 11 is 0. The van der Waals surface area contributed by atoms with Crippen molar-refractivity contribution < 1.29 is 9.53 Å². The summed E-state index contributed by atoms with van der Waals surface area (Å²) < 4.78 is 5.99. The molecule has 1 heterocycles. The monoisotopic (exact) mass is 239 g/mol. The third-order valence-corrected chi connectivity index (χ3v) is 3.15. The van der Waals surface area contributed by atoms with E-state index in [-0.39, 0.29) is 23.2 Å². The van der Waals surface area contributed by atoms with E-state index in [4.69, 9.17) is 4.74 Å². The molecule has 1 saturated heterocycles. The molecule has 1 N–H and O–H groups in total. The molecule has 3 nitrogen and oxygen atoms in total. The molecule has 0 bridgehead atoms. The maximum absolute atomic E-state index is 11.8. The molecule has 0 atom stereocenters. The molecule has 0 aromatic carbocycles. The molecular weight excluding hydrogens is 214 g/mol. The van der Waals surface area contributed by atoms with E-state index in [1.54, 1.807) is 0 Å². The van der Waals surface area contributed by atoms with E-state index in [1.165, 1.54) is 0 Å². The fraction of sp³-hybridized carbons (Fsp3) is 0.786. The van der Waals surface area contributed by atoms with Gasteiger partial charge in [0.2, 0.25) is 5.91 Å². The summed E-state index contributed by atoms with van der Waals surface area (Å²) in [6.45, 7) is 12.0. The number of rotatable bonds is 2. The largest absolute Gasteiger partial charge is 0.370 e. The third kappa shape index (κ3) is 4.15. The van der Waals surface area contributed by atoms with Crippen LogP contribution < -0.4 is 5.32 Å². The Hall–Kier alpha value is -0.830. The van der Waals surface area contributed by atoms with Crippen LogP contribution in [0.25, 0.3) is 0 Å². The average molecular weight is 239 g/mol. The molecule has 0 aromatic heterocycles. The molecular formula is C14H25NO2. The molecule has 98 valence electrons. The van der Waals surface area contributed by atoms with Gasteiger partial charge in [0.25, 0.3) is 0 Å². The van der Waals surface area contributed by atoms with Crippen LogP contribution in [-0.4, -0.2) is 23.2 Å². The zero-order valence-electron chi connectivity index (χ0n) is 11.9. The highest BCUT2D eigenvalue weighted by molar-refractivity contribution is 5.92. The van der Waals surface area contributed by atoms with Crippen molar-refractivity contribution in [2.75, 3.05) is 0 Å². The fourth-order valence-corrected chi connectivity index (χ4v) is 2.62. The Labute approximate surface area is 105 Å². The molecule has 0 aromatic rings. The van der Waals surface area contributed by atoms with Crippen molar-refractivity contribution in [2.45, 2.75) is 71.6 Å². The normalized spacial score (nSPS) is 24.5. The van der Waals surface area contributed by atoms with Crippen LogP contribution in [0.5, 0.6) is 0 Å². The first-order valence-electron chi connectivity index (χ1n) is 6.29. The summed E-state index contributed by atoms with van der Waals surface area (Å²) in [7, 11) is 0. The Balaban J connectivity index is 2.69. The molecule has 0 spiro atoms. The number of hydrogen-bond donors (Lipinski definition) is 1. The Morgan fingerprint density at radius 2 is 1.71 bits per heavy atom. The first-order valence-corrected chi connectivity index (χ1v) is 6.29. The van der Waals surface area contributed by atoms with Gasteiger partial charge in [-0.3, -0.25) is 4.79 Å². The molecule has 0 saturated carbocycles. The van der Waals surface area contributed by atoms with Crippen LogP contribution in [-0.2, 0) is 9.53 Å². The van der Waals surface area contributed by atoms with E-state index in [1.807, 2.05) is 19.9 Å². The summed E-state index contributed by atoms with van der Waals surface area (Å²) in [4.78, 5) is 11.8. The third-order valence-electron chi connectivity index (χ3n) is 3.15. The van der Waals surface area contributed by atoms with Crippen molar-refractivity contribution >= 4 is 5.91 Å². The lowest BCUT2D eigenvalue weighted by Crippen LogP contribution is -2.53. The number of hydrogen-bond acceptors (Lipinski definition) is 2. The second kappa shape index (κ2) is 4.81. The van der Waals surface area contributed by atoms with E-state index < -0.39 is 0 Å². The van der Waals surface area contributed by atoms with E-state index >= 15 is 0 Å². The second-order valence-electron chi connectivity index (χ2n) is 6.17. The molecule has 17 heavy (non-hydrogen) atoms. The van der Waals surface area contributed by atoms with Gasteiger partial charge in [-0.1, -0.05) is 6.08 Å². The molecule has 1 aliphatic heterocycles. The molecule has 3 heteroatoms. The maximum atomic E-state index is 11.8. The highest BCUT2D eigenvalue weighted by atomic mass is 16.5. The number of carbonyl (C=O) groups excluding carboxylic acids is 1. The van der Waals surface area contributed by atoms with E-state index in [2.05, 4.69) is 33.0 Å². The van der Waals surface area contributed by atoms with Gasteiger partial charge < -0.3 is 10.1 Å². The lowest BCUT2D eigenvalue weighted by Gasteiger charge is -2.45. The zero-order chi connectivity index (χ0) is 13.3. The minimum absolute atomic E-state index is 0.0333. The Morgan fingerprint density at radius 1 is 1.24 bits per heavy atom. The molecule has 1 rings (SSSR count). The highest BCUT2D eigenvalue weighted by Gasteiger charge is 2.39. The van der Waals surface area contributed by atoms with Crippen molar-refractivity contribution in [1.29, 1.82) is 0 Å². The first-order chi connectivity index (χ1) is 7.65. The van der Waals surface area contributed by atoms with Crippen LogP contribution in [0.4, 0.5) is 0 Å². The van der Waals surface area contributed by atoms with Crippen LogP contribution in [0, 0.1) is 0 Å². The Morgan fingerprint density at radius 3 is 2.12 bits per heavy atom. The van der Waals surface area contributed by atoms with Gasteiger partial charge in [-0.2, -0.15) is 0 Å². The minimum atomic E-state index is -0.177. The number of ether oxygens (including phenoxy) is 1. The van der Waals surface area contributed by atoms with Crippen molar-refractivity contribution in [1.82, 2.24) is 5.32 Å². The topological polar surface area (TPSA) is 38.3 Å². The maximum Gasteiger partial charge on any atom is 0.246 e. The highest BCUT2D eigenvalue weighted by Crippen LogP contribution is 2.34. The van der Waals surface area contributed by atoms with Crippen molar-refractivity contribution in [2.24, 2.45) is 0 Å². The van der Waals surface area contributed by atoms with Gasteiger partial charge in [-0.25, -0.2) is 0 Å². The Bertz CT molecular complexity index is 313. The summed E-state index contributed by atoms with van der Waals surface area (Å²) in [6.07, 6.45) is 3.56. The van der Waals surface area contributed by atoms with Crippen molar-refractivity contribution in [3.8, 4) is 0 Å². The van der Waals surface area contributed by atoms with Gasteiger partial charge in [-0.15, -0.1) is 0 Å². The molecule has 1 aliphatic rings. The quantitative estimate of drug-likeness (QED) is 0.752. The number of allylic oxidation sites excluding steroid dienone is 1. The molecule has 1 amide bonds. The molecule has 0 radical (unpaired) electrons. The Kier molecular flexibility index (Phi) is 4.03. The van der Waals surface area contributed by atoms with Crippen molar-refractivity contribution in [3.05, 3.63) is 11.6 Å². The summed E-state index contributed by atoms with van der Waals surface area (Å²) in [6, 6.07) is 0.191. The molecule has 0 unspecified atom stereocenters. The number of nitrogens with one attached hydrogen (secondary N) is 1. The lowest BCUT2D eigenvalue weighted by molar-refractivity contribution is -0.165.